The Morgan fingerprint density at radius 2 is 1.43 bits per heavy atom. The van der Waals surface area contributed by atoms with Crippen molar-refractivity contribution >= 4 is 61.3 Å². The van der Waals surface area contributed by atoms with E-state index in [4.69, 9.17) is 20.3 Å². The number of aromatic nitrogens is 1. The number of H-pyrrole nitrogens is 1. The fraction of sp³-hybridized carbons (Fsp3) is 0.122. The Morgan fingerprint density at radius 1 is 0.774 bits per heavy atom. The highest BCUT2D eigenvalue weighted by Gasteiger charge is 2.24. The Morgan fingerprint density at radius 3 is 2.09 bits per heavy atom. The molecule has 1 aliphatic rings. The average molecular weight is 746 g/mol. The molecule has 0 radical (unpaired) electrons. The fourth-order valence-electron chi connectivity index (χ4n) is 5.76. The zero-order valence-electron chi connectivity index (χ0n) is 28.8. The minimum absolute atomic E-state index is 0.115. The number of thiophene rings is 2. The molecule has 1 aliphatic carbocycles. The number of aromatic carboxylic acids is 1. The normalized spacial score (nSPS) is 11.3. The molecule has 5 N–H and O–H groups in total. The lowest BCUT2D eigenvalue weighted by Crippen LogP contribution is -2.23. The van der Waals surface area contributed by atoms with Crippen LogP contribution in [0.1, 0.15) is 47.8 Å². The van der Waals surface area contributed by atoms with Crippen LogP contribution in [0, 0.1) is 0 Å². The molecule has 10 nitrogen and oxygen atoms in total. The van der Waals surface area contributed by atoms with E-state index < -0.39 is 5.97 Å². The molecule has 0 fully saturated rings. The summed E-state index contributed by atoms with van der Waals surface area (Å²) >= 11 is 3.04. The second-order valence-electron chi connectivity index (χ2n) is 11.9. The maximum atomic E-state index is 12.5. The summed E-state index contributed by atoms with van der Waals surface area (Å²) in [5.74, 6) is 0.626. The molecule has 12 heteroatoms. The predicted octanol–water partition coefficient (Wildman–Crippen LogP) is 7.69. The Bertz CT molecular complexity index is 2460. The van der Waals surface area contributed by atoms with Crippen LogP contribution in [-0.4, -0.2) is 42.0 Å². The number of Topliss-reactive ketones (excluding diaryl/α,β-unsaturated/α-hetero) is 1. The summed E-state index contributed by atoms with van der Waals surface area (Å²) in [5.41, 5.74) is 11.4. The number of hydrogen-bond acceptors (Lipinski definition) is 9. The summed E-state index contributed by atoms with van der Waals surface area (Å²) in [7, 11) is 3.27. The highest BCUT2D eigenvalue weighted by atomic mass is 32.1. The van der Waals surface area contributed by atoms with Crippen molar-refractivity contribution in [1.82, 2.24) is 10.3 Å². The van der Waals surface area contributed by atoms with Crippen molar-refractivity contribution in [2.75, 3.05) is 14.2 Å². The van der Waals surface area contributed by atoms with Crippen molar-refractivity contribution in [3.05, 3.63) is 152 Å². The van der Waals surface area contributed by atoms with Gasteiger partial charge < -0.3 is 30.6 Å². The smallest absolute Gasteiger partial charge is 0.335 e. The van der Waals surface area contributed by atoms with Gasteiger partial charge in [0.05, 0.1) is 30.7 Å². The van der Waals surface area contributed by atoms with Gasteiger partial charge in [0.2, 0.25) is 0 Å². The van der Waals surface area contributed by atoms with E-state index in [1.807, 2.05) is 83.6 Å². The van der Waals surface area contributed by atoms with Gasteiger partial charge in [0, 0.05) is 45.6 Å². The van der Waals surface area contributed by atoms with Gasteiger partial charge in [-0.05, 0) is 93.7 Å². The summed E-state index contributed by atoms with van der Waals surface area (Å²) in [4.78, 5) is 51.0. The Labute approximate surface area is 312 Å². The summed E-state index contributed by atoms with van der Waals surface area (Å²) in [5, 5.41) is 17.1. The van der Waals surface area contributed by atoms with E-state index in [1.54, 1.807) is 43.8 Å². The number of fused-ring (bicyclic) bond motifs is 6. The lowest BCUT2D eigenvalue weighted by molar-refractivity contribution is 0.0696. The summed E-state index contributed by atoms with van der Waals surface area (Å²) in [6.07, 6.45) is 0.346. The number of carboxylic acids is 1. The topological polar surface area (TPSA) is 161 Å². The number of ketones is 1. The van der Waals surface area contributed by atoms with Gasteiger partial charge in [-0.2, -0.15) is 0 Å². The van der Waals surface area contributed by atoms with Crippen molar-refractivity contribution in [3.8, 4) is 21.9 Å². The lowest BCUT2D eigenvalue weighted by Gasteiger charge is -2.16. The molecule has 1 amide bonds. The molecule has 8 rings (SSSR count). The van der Waals surface area contributed by atoms with Crippen molar-refractivity contribution in [2.24, 2.45) is 5.73 Å². The first-order valence-electron chi connectivity index (χ1n) is 16.4. The molecule has 0 saturated carbocycles. The number of nitrogens with one attached hydrogen (secondary N) is 2. The first kappa shape index (κ1) is 36.7. The molecular weight excluding hydrogens is 711 g/mol. The van der Waals surface area contributed by atoms with E-state index in [9.17, 15) is 19.2 Å². The number of carbonyl (C=O) groups excluding carboxylic acids is 2. The van der Waals surface area contributed by atoms with Gasteiger partial charge >= 0.3 is 5.97 Å². The predicted molar refractivity (Wildman–Crippen MR) is 210 cm³/mol. The van der Waals surface area contributed by atoms with Gasteiger partial charge in [0.1, 0.15) is 11.5 Å². The lowest BCUT2D eigenvalue weighted by atomic mass is 9.89. The molecule has 268 valence electrons. The third-order valence-electron chi connectivity index (χ3n) is 8.60. The molecule has 3 aromatic heterocycles. The quantitative estimate of drug-likeness (QED) is 0.129. The minimum Gasteiger partial charge on any atom is -0.497 e. The maximum Gasteiger partial charge on any atom is 0.335 e. The molecule has 7 aromatic rings. The van der Waals surface area contributed by atoms with E-state index in [2.05, 4.69) is 10.3 Å². The summed E-state index contributed by atoms with van der Waals surface area (Å²) < 4.78 is 11.0. The zero-order chi connectivity index (χ0) is 37.5. The Kier molecular flexibility index (Phi) is 11.4. The monoisotopic (exact) mass is 745 g/mol. The van der Waals surface area contributed by atoms with Gasteiger partial charge in [-0.15, -0.1) is 22.7 Å². The molecule has 0 aliphatic heterocycles. The number of ether oxygens (including phenoxy) is 2. The SMILES string of the molecule is COc1ccc(CN)cc1.COc1ccc(CNC(=O)c2ccc3c(c2)CC(=O)c2ccsc2-3)cc1.O=C(O)c1ccc2c(c1)[nH]c(=O)c1ccsc12. The van der Waals surface area contributed by atoms with E-state index >= 15 is 0 Å². The highest BCUT2D eigenvalue weighted by Crippen LogP contribution is 2.37. The van der Waals surface area contributed by atoms with E-state index in [0.717, 1.165) is 54.3 Å². The number of nitrogens with two attached hydrogens (primary N) is 1. The molecule has 3 heterocycles. The van der Waals surface area contributed by atoms with Crippen LogP contribution in [0.25, 0.3) is 31.4 Å². The molecule has 53 heavy (non-hydrogen) atoms. The Hall–Kier alpha value is -6.08. The second-order valence-corrected chi connectivity index (χ2v) is 13.7. The number of rotatable bonds is 7. The number of pyridine rings is 1. The molecule has 0 saturated heterocycles. The van der Waals surface area contributed by atoms with E-state index in [0.29, 0.717) is 36.0 Å². The van der Waals surface area contributed by atoms with Crippen LogP contribution in [0.5, 0.6) is 11.5 Å². The standard InChI is InChI=1S/C21H17NO3S.C12H7NO3S.C8H11NO/c1-25-16-5-2-13(3-6-16)12-22-21(24)14-4-7-17-15(10-14)11-19(23)18-8-9-26-20(17)18;14-11-8-3-4-17-10(8)7-2-1-6(12(15)16)5-9(7)13-11;1-10-8-4-2-7(6-9)3-5-8/h2-10H,11-12H2,1H3,(H,22,24);1-5H,(H,13,14)(H,15,16);2-5H,6,9H2,1H3. The number of carbonyl (C=O) groups is 3. The van der Waals surface area contributed by atoms with Crippen LogP contribution in [-0.2, 0) is 19.5 Å². The van der Waals surface area contributed by atoms with Gasteiger partial charge in [-0.3, -0.25) is 14.4 Å². The molecule has 0 spiro atoms. The van der Waals surface area contributed by atoms with Gasteiger partial charge in [0.15, 0.2) is 5.78 Å². The Balaban J connectivity index is 0.000000152. The first-order chi connectivity index (χ1) is 25.7. The first-order valence-corrected chi connectivity index (χ1v) is 18.2. The summed E-state index contributed by atoms with van der Waals surface area (Å²) in [6.45, 7) is 1.03. The molecule has 0 atom stereocenters. The van der Waals surface area contributed by atoms with Crippen molar-refractivity contribution < 1.29 is 29.0 Å². The third kappa shape index (κ3) is 8.36. The van der Waals surface area contributed by atoms with E-state index in [-0.39, 0.29) is 22.8 Å². The number of hydrogen-bond donors (Lipinski definition) is 4. The van der Waals surface area contributed by atoms with Crippen LogP contribution in [0.2, 0.25) is 0 Å². The van der Waals surface area contributed by atoms with Crippen LogP contribution < -0.4 is 26.1 Å². The minimum atomic E-state index is -1.00. The number of methoxy groups -OCH3 is 2. The number of aromatic amines is 1. The summed E-state index contributed by atoms with van der Waals surface area (Å²) in [6, 6.07) is 29.3. The van der Waals surface area contributed by atoms with E-state index in [1.165, 1.54) is 17.4 Å². The fourth-order valence-corrected chi connectivity index (χ4v) is 7.67. The van der Waals surface area contributed by atoms with Gasteiger partial charge in [0.25, 0.3) is 11.5 Å². The van der Waals surface area contributed by atoms with Crippen LogP contribution >= 0.6 is 22.7 Å². The number of carboxylic acid groups (broad SMARTS) is 1. The molecule has 4 aromatic carbocycles. The van der Waals surface area contributed by atoms with Crippen molar-refractivity contribution in [2.45, 2.75) is 19.5 Å². The number of amides is 1. The molecular formula is C41H35N3O7S2. The van der Waals surface area contributed by atoms with Gasteiger partial charge in [-0.25, -0.2) is 4.79 Å². The van der Waals surface area contributed by atoms with Gasteiger partial charge in [-0.1, -0.05) is 36.4 Å². The number of benzene rings is 4. The average Bonchev–Trinajstić information content (AvgIpc) is 3.90. The van der Waals surface area contributed by atoms with Crippen molar-refractivity contribution in [3.63, 3.8) is 0 Å². The maximum absolute atomic E-state index is 12.5. The highest BCUT2D eigenvalue weighted by molar-refractivity contribution is 7.18. The third-order valence-corrected chi connectivity index (χ3v) is 10.5. The second kappa shape index (κ2) is 16.5. The van der Waals surface area contributed by atoms with Crippen LogP contribution in [0.3, 0.4) is 0 Å². The van der Waals surface area contributed by atoms with Crippen LogP contribution in [0.15, 0.2) is 113 Å². The molecule has 0 unspecified atom stereocenters. The van der Waals surface area contributed by atoms with Crippen LogP contribution in [0.4, 0.5) is 0 Å². The largest absolute Gasteiger partial charge is 0.497 e. The van der Waals surface area contributed by atoms with Crippen molar-refractivity contribution in [1.29, 1.82) is 0 Å². The zero-order valence-corrected chi connectivity index (χ0v) is 30.4. The molecule has 0 bridgehead atoms.